The highest BCUT2D eigenvalue weighted by Gasteiger charge is 2.29. The number of aryl methyl sites for hydroxylation is 1. The van der Waals surface area contributed by atoms with Crippen LogP contribution in [-0.2, 0) is 11.9 Å². The van der Waals surface area contributed by atoms with E-state index in [0.717, 1.165) is 4.88 Å². The highest BCUT2D eigenvalue weighted by atomic mass is 32.1. The molecule has 1 aromatic carbocycles. The van der Waals surface area contributed by atoms with Crippen molar-refractivity contribution < 1.29 is 9.94 Å². The van der Waals surface area contributed by atoms with Gasteiger partial charge in [-0.05, 0) is 23.6 Å². The first-order valence-corrected chi connectivity index (χ1v) is 8.12. The van der Waals surface area contributed by atoms with E-state index in [0.29, 0.717) is 23.0 Å². The molecule has 1 aliphatic heterocycles. The van der Waals surface area contributed by atoms with Crippen molar-refractivity contribution in [2.75, 3.05) is 0 Å². The summed E-state index contributed by atoms with van der Waals surface area (Å²) in [5.41, 5.74) is 1.14. The van der Waals surface area contributed by atoms with Crippen molar-refractivity contribution in [3.8, 4) is 5.75 Å². The second kappa shape index (κ2) is 5.24. The Kier molecular flexibility index (Phi) is 3.20. The maximum atomic E-state index is 12.7. The van der Waals surface area contributed by atoms with Crippen LogP contribution in [0.1, 0.15) is 23.0 Å². The van der Waals surface area contributed by atoms with Crippen LogP contribution >= 0.6 is 11.3 Å². The molecule has 4 rings (SSSR count). The normalized spacial score (nSPS) is 17.3. The topological polar surface area (TPSA) is 63.8 Å². The van der Waals surface area contributed by atoms with Crippen molar-refractivity contribution >= 4 is 28.0 Å². The summed E-state index contributed by atoms with van der Waals surface area (Å²) in [6.07, 6.45) is 0.280. The van der Waals surface area contributed by atoms with Gasteiger partial charge in [0.05, 0.1) is 5.52 Å². The average molecular weight is 326 g/mol. The molecule has 5 nitrogen and oxygen atoms in total. The monoisotopic (exact) mass is 326 g/mol. The summed E-state index contributed by atoms with van der Waals surface area (Å²) in [5, 5.41) is 17.3. The molecule has 0 saturated heterocycles. The molecule has 0 amide bonds. The Hall–Kier alpha value is -2.60. The van der Waals surface area contributed by atoms with Gasteiger partial charge in [-0.25, -0.2) is 0 Å². The van der Waals surface area contributed by atoms with E-state index in [1.54, 1.807) is 24.5 Å². The first-order valence-electron chi connectivity index (χ1n) is 7.24. The first-order chi connectivity index (χ1) is 11.2. The number of para-hydroxylation sites is 1. The maximum Gasteiger partial charge on any atom is 0.263 e. The minimum absolute atomic E-state index is 0.0297. The summed E-state index contributed by atoms with van der Waals surface area (Å²) >= 11 is 1.59. The van der Waals surface area contributed by atoms with Crippen LogP contribution < -0.4 is 5.56 Å². The van der Waals surface area contributed by atoms with Gasteiger partial charge < -0.3 is 14.5 Å². The smallest absolute Gasteiger partial charge is 0.263 e. The average Bonchev–Trinajstić information content (AvgIpc) is 3.24. The zero-order valence-electron chi connectivity index (χ0n) is 12.4. The van der Waals surface area contributed by atoms with Crippen LogP contribution in [-0.4, -0.2) is 15.4 Å². The highest BCUT2D eigenvalue weighted by Crippen LogP contribution is 2.35. The van der Waals surface area contributed by atoms with Crippen molar-refractivity contribution in [3.05, 3.63) is 62.6 Å². The lowest BCUT2D eigenvalue weighted by atomic mass is 10.0. The summed E-state index contributed by atoms with van der Waals surface area (Å²) in [5.74, 6) is -0.0297. The largest absolute Gasteiger partial charge is 0.506 e. The number of hydrogen-bond donors (Lipinski definition) is 1. The summed E-state index contributed by atoms with van der Waals surface area (Å²) in [4.78, 5) is 19.2. The van der Waals surface area contributed by atoms with Crippen molar-refractivity contribution in [3.63, 3.8) is 0 Å². The van der Waals surface area contributed by atoms with Gasteiger partial charge in [-0.3, -0.25) is 4.79 Å². The zero-order valence-corrected chi connectivity index (χ0v) is 13.2. The Bertz CT molecular complexity index is 973. The van der Waals surface area contributed by atoms with Gasteiger partial charge in [0, 0.05) is 23.7 Å². The van der Waals surface area contributed by atoms with E-state index >= 15 is 0 Å². The van der Waals surface area contributed by atoms with Crippen LogP contribution in [0.2, 0.25) is 0 Å². The summed E-state index contributed by atoms with van der Waals surface area (Å²) < 4.78 is 1.53. The van der Waals surface area contributed by atoms with Crippen molar-refractivity contribution in [2.24, 2.45) is 12.2 Å². The molecule has 0 aliphatic carbocycles. The minimum Gasteiger partial charge on any atom is -0.506 e. The van der Waals surface area contributed by atoms with Crippen LogP contribution in [0.5, 0.6) is 5.75 Å². The van der Waals surface area contributed by atoms with E-state index in [4.69, 9.17) is 4.84 Å². The molecule has 3 aromatic rings. The van der Waals surface area contributed by atoms with Gasteiger partial charge in [-0.1, -0.05) is 23.4 Å². The molecule has 116 valence electrons. The van der Waals surface area contributed by atoms with Gasteiger partial charge in [0.15, 0.2) is 6.10 Å². The van der Waals surface area contributed by atoms with E-state index in [1.165, 1.54) is 4.57 Å². The molecule has 0 fully saturated rings. The summed E-state index contributed by atoms with van der Waals surface area (Å²) in [6.45, 7) is 0. The number of hydrogen-bond acceptors (Lipinski definition) is 5. The quantitative estimate of drug-likeness (QED) is 0.787. The Morgan fingerprint density at radius 3 is 2.91 bits per heavy atom. The third-order valence-corrected chi connectivity index (χ3v) is 5.06. The van der Waals surface area contributed by atoms with Gasteiger partial charge in [-0.15, -0.1) is 11.3 Å². The lowest BCUT2D eigenvalue weighted by molar-refractivity contribution is 0.0883. The highest BCUT2D eigenvalue weighted by molar-refractivity contribution is 7.10. The molecule has 23 heavy (non-hydrogen) atoms. The number of nitrogens with zero attached hydrogens (tertiary/aromatic N) is 2. The predicted octanol–water partition coefficient (Wildman–Crippen LogP) is 3.17. The number of pyridine rings is 1. The number of oxime groups is 1. The Morgan fingerprint density at radius 1 is 1.30 bits per heavy atom. The van der Waals surface area contributed by atoms with E-state index in [-0.39, 0.29) is 23.0 Å². The van der Waals surface area contributed by atoms with Crippen molar-refractivity contribution in [2.45, 2.75) is 12.5 Å². The second-order valence-corrected chi connectivity index (χ2v) is 6.44. The molecule has 2 aromatic heterocycles. The van der Waals surface area contributed by atoms with E-state index in [2.05, 4.69) is 5.16 Å². The fourth-order valence-electron chi connectivity index (χ4n) is 2.89. The maximum absolute atomic E-state index is 12.7. The molecule has 0 spiro atoms. The van der Waals surface area contributed by atoms with Gasteiger partial charge >= 0.3 is 0 Å². The molecule has 1 atom stereocenters. The number of fused-ring (bicyclic) bond motifs is 1. The molecule has 1 unspecified atom stereocenters. The van der Waals surface area contributed by atoms with Crippen LogP contribution in [0.25, 0.3) is 10.9 Å². The molecular weight excluding hydrogens is 312 g/mol. The van der Waals surface area contributed by atoms with Crippen LogP contribution in [0, 0.1) is 0 Å². The fraction of sp³-hybridized carbons (Fsp3) is 0.176. The molecule has 6 heteroatoms. The predicted molar refractivity (Wildman–Crippen MR) is 90.2 cm³/mol. The van der Waals surface area contributed by atoms with E-state index in [1.807, 2.05) is 35.7 Å². The Morgan fingerprint density at radius 2 is 2.13 bits per heavy atom. The fourth-order valence-corrected chi connectivity index (χ4v) is 3.64. The zero-order chi connectivity index (χ0) is 16.0. The van der Waals surface area contributed by atoms with Crippen LogP contribution in [0.15, 0.2) is 51.7 Å². The lowest BCUT2D eigenvalue weighted by Gasteiger charge is -2.11. The van der Waals surface area contributed by atoms with Crippen molar-refractivity contribution in [1.29, 1.82) is 0 Å². The molecule has 0 radical (unpaired) electrons. The molecule has 0 saturated carbocycles. The minimum atomic E-state index is -0.268. The number of thiophene rings is 1. The second-order valence-electron chi connectivity index (χ2n) is 5.46. The molecule has 1 N–H and O–H groups in total. The molecule has 0 bridgehead atoms. The molecule has 1 aliphatic rings. The SMILES string of the molecule is Cn1c(=O)c(C2=NOC(c3cccs3)C2)c(O)c2ccccc21. The lowest BCUT2D eigenvalue weighted by Crippen LogP contribution is -2.24. The van der Waals surface area contributed by atoms with Gasteiger partial charge in [0.2, 0.25) is 0 Å². The molecular formula is C17H14N2O3S. The number of aromatic nitrogens is 1. The third-order valence-electron chi connectivity index (χ3n) is 4.09. The van der Waals surface area contributed by atoms with Crippen molar-refractivity contribution in [1.82, 2.24) is 4.57 Å². The summed E-state index contributed by atoms with van der Waals surface area (Å²) in [7, 11) is 1.70. The Balaban J connectivity index is 1.83. The first kappa shape index (κ1) is 14.0. The molecule has 3 heterocycles. The number of aromatic hydroxyl groups is 1. The van der Waals surface area contributed by atoms with Gasteiger partial charge in [0.25, 0.3) is 5.56 Å². The number of rotatable bonds is 2. The summed E-state index contributed by atoms with van der Waals surface area (Å²) in [6, 6.07) is 11.2. The van der Waals surface area contributed by atoms with E-state index in [9.17, 15) is 9.90 Å². The number of benzene rings is 1. The van der Waals surface area contributed by atoms with Crippen LogP contribution in [0.4, 0.5) is 0 Å². The van der Waals surface area contributed by atoms with Crippen LogP contribution in [0.3, 0.4) is 0 Å². The Labute approximate surface area is 136 Å². The van der Waals surface area contributed by atoms with Gasteiger partial charge in [0.1, 0.15) is 17.0 Å². The third kappa shape index (κ3) is 2.14. The van der Waals surface area contributed by atoms with Gasteiger partial charge in [-0.2, -0.15) is 0 Å². The standard InChI is InChI=1S/C17H14N2O3S/c1-19-12-6-3-2-5-10(12)16(20)15(17(19)21)11-9-13(22-18-11)14-7-4-8-23-14/h2-8,13,20H,9H2,1H3. The van der Waals surface area contributed by atoms with E-state index < -0.39 is 0 Å².